The van der Waals surface area contributed by atoms with E-state index in [-0.39, 0.29) is 11.3 Å². The number of sulfonamides is 1. The molecule has 0 aliphatic carbocycles. The molecule has 3 aromatic rings. The number of methoxy groups -OCH3 is 1. The zero-order valence-electron chi connectivity index (χ0n) is 14.4. The summed E-state index contributed by atoms with van der Waals surface area (Å²) in [5.74, 6) is -1.16. The van der Waals surface area contributed by atoms with Crippen LogP contribution in [0.2, 0.25) is 0 Å². The van der Waals surface area contributed by atoms with Gasteiger partial charge >= 0.3 is 5.97 Å². The number of carbonyl (C=O) groups excluding carboxylic acids is 1. The van der Waals surface area contributed by atoms with Crippen LogP contribution in [0, 0.1) is 5.82 Å². The van der Waals surface area contributed by atoms with Crippen molar-refractivity contribution in [3.63, 3.8) is 0 Å². The third-order valence-electron chi connectivity index (χ3n) is 4.02. The van der Waals surface area contributed by atoms with E-state index in [1.165, 1.54) is 43.6 Å². The predicted octanol–water partition coefficient (Wildman–Crippen LogP) is 2.44. The first-order valence-electron chi connectivity index (χ1n) is 8.09. The quantitative estimate of drug-likeness (QED) is 0.656. The summed E-state index contributed by atoms with van der Waals surface area (Å²) in [6, 6.07) is 12.5. The first-order valence-corrected chi connectivity index (χ1v) is 9.57. The first-order chi connectivity index (χ1) is 12.9. The van der Waals surface area contributed by atoms with Gasteiger partial charge < -0.3 is 4.74 Å². The minimum absolute atomic E-state index is 0.0182. The molecule has 0 saturated carbocycles. The van der Waals surface area contributed by atoms with E-state index in [9.17, 15) is 17.6 Å². The van der Waals surface area contributed by atoms with Gasteiger partial charge in [0.15, 0.2) is 0 Å². The Bertz CT molecular complexity index is 1060. The number of fused-ring (bicyclic) bond motifs is 1. The van der Waals surface area contributed by atoms with Gasteiger partial charge in [-0.25, -0.2) is 12.8 Å². The average molecular weight is 388 g/mol. The normalized spacial score (nSPS) is 12.7. The lowest BCUT2D eigenvalue weighted by Gasteiger charge is -2.17. The van der Waals surface area contributed by atoms with Crippen molar-refractivity contribution in [1.82, 2.24) is 9.71 Å². The summed E-state index contributed by atoms with van der Waals surface area (Å²) in [6.45, 7) is 0. The van der Waals surface area contributed by atoms with Gasteiger partial charge in [0, 0.05) is 11.6 Å². The molecule has 2 aromatic carbocycles. The fourth-order valence-corrected chi connectivity index (χ4v) is 4.08. The maximum atomic E-state index is 13.1. The van der Waals surface area contributed by atoms with Gasteiger partial charge in [0.1, 0.15) is 16.8 Å². The Labute approximate surface area is 156 Å². The van der Waals surface area contributed by atoms with Crippen molar-refractivity contribution in [3.8, 4) is 0 Å². The molecule has 3 rings (SSSR count). The lowest BCUT2D eigenvalue weighted by Crippen LogP contribution is -2.43. The monoisotopic (exact) mass is 388 g/mol. The van der Waals surface area contributed by atoms with Crippen molar-refractivity contribution in [2.75, 3.05) is 7.11 Å². The molecule has 1 N–H and O–H groups in total. The van der Waals surface area contributed by atoms with E-state index in [1.54, 1.807) is 24.3 Å². The molecule has 0 radical (unpaired) electrons. The molecule has 8 heteroatoms. The van der Waals surface area contributed by atoms with Crippen LogP contribution in [0.15, 0.2) is 65.7 Å². The minimum atomic E-state index is -4.06. The number of aromatic nitrogens is 1. The number of hydrogen-bond acceptors (Lipinski definition) is 5. The van der Waals surface area contributed by atoms with E-state index >= 15 is 0 Å². The molecule has 27 heavy (non-hydrogen) atoms. The molecule has 0 aliphatic rings. The van der Waals surface area contributed by atoms with Gasteiger partial charge in [0.2, 0.25) is 10.0 Å². The second-order valence-electron chi connectivity index (χ2n) is 5.86. The van der Waals surface area contributed by atoms with Gasteiger partial charge in [-0.3, -0.25) is 9.78 Å². The molecule has 0 bridgehead atoms. The lowest BCUT2D eigenvalue weighted by molar-refractivity contribution is -0.142. The average Bonchev–Trinajstić information content (AvgIpc) is 2.68. The minimum Gasteiger partial charge on any atom is -0.468 e. The van der Waals surface area contributed by atoms with Crippen LogP contribution in [0.4, 0.5) is 4.39 Å². The highest BCUT2D eigenvalue weighted by Crippen LogP contribution is 2.21. The second-order valence-corrected chi connectivity index (χ2v) is 7.54. The van der Waals surface area contributed by atoms with Crippen LogP contribution in [0.1, 0.15) is 5.56 Å². The van der Waals surface area contributed by atoms with Gasteiger partial charge in [-0.15, -0.1) is 0 Å². The number of pyridine rings is 1. The number of nitrogens with zero attached hydrogens (tertiary/aromatic N) is 1. The van der Waals surface area contributed by atoms with Gasteiger partial charge in [-0.1, -0.05) is 30.3 Å². The molecule has 0 aliphatic heterocycles. The van der Waals surface area contributed by atoms with Crippen LogP contribution < -0.4 is 4.72 Å². The van der Waals surface area contributed by atoms with Crippen LogP contribution in [-0.2, 0) is 26.0 Å². The Hall–Kier alpha value is -2.84. The highest BCUT2D eigenvalue weighted by molar-refractivity contribution is 7.89. The van der Waals surface area contributed by atoms with E-state index in [4.69, 9.17) is 4.74 Å². The number of nitrogens with one attached hydrogen (secondary N) is 1. The van der Waals surface area contributed by atoms with Gasteiger partial charge in [0.05, 0.1) is 12.6 Å². The van der Waals surface area contributed by atoms with Gasteiger partial charge in [-0.2, -0.15) is 4.72 Å². The van der Waals surface area contributed by atoms with Crippen molar-refractivity contribution in [2.24, 2.45) is 0 Å². The number of carbonyl (C=O) groups is 1. The zero-order chi connectivity index (χ0) is 19.4. The molecule has 1 heterocycles. The number of benzene rings is 2. The van der Waals surface area contributed by atoms with E-state index in [2.05, 4.69) is 9.71 Å². The molecular weight excluding hydrogens is 371 g/mol. The Morgan fingerprint density at radius 2 is 1.85 bits per heavy atom. The summed E-state index contributed by atoms with van der Waals surface area (Å²) >= 11 is 0. The fraction of sp³-hybridized carbons (Fsp3) is 0.158. The van der Waals surface area contributed by atoms with Gasteiger partial charge in [0.25, 0.3) is 0 Å². The van der Waals surface area contributed by atoms with Gasteiger partial charge in [-0.05, 0) is 36.2 Å². The number of halogens is 1. The van der Waals surface area contributed by atoms with Crippen LogP contribution in [-0.4, -0.2) is 32.5 Å². The molecule has 140 valence electrons. The standard InChI is InChI=1S/C19H17FN2O4S/c1-26-19(23)16(12-13-7-9-15(20)10-8-13)22-27(24,25)17-6-2-4-14-5-3-11-21-18(14)17/h2-11,16,22H,12H2,1H3. The van der Waals surface area contributed by atoms with Crippen LogP contribution in [0.3, 0.4) is 0 Å². The molecule has 1 atom stereocenters. The Morgan fingerprint density at radius 3 is 2.56 bits per heavy atom. The summed E-state index contributed by atoms with van der Waals surface area (Å²) in [4.78, 5) is 16.2. The Balaban J connectivity index is 1.94. The Kier molecular flexibility index (Phi) is 5.48. The number of para-hydroxylation sites is 1. The zero-order valence-corrected chi connectivity index (χ0v) is 15.2. The third-order valence-corrected chi connectivity index (χ3v) is 5.52. The second kappa shape index (κ2) is 7.81. The molecule has 1 aromatic heterocycles. The third kappa shape index (κ3) is 4.29. The number of ether oxygens (including phenoxy) is 1. The summed E-state index contributed by atoms with van der Waals surface area (Å²) in [6.07, 6.45) is 1.52. The van der Waals surface area contributed by atoms with E-state index in [0.717, 1.165) is 0 Å². The highest BCUT2D eigenvalue weighted by atomic mass is 32.2. The van der Waals surface area contributed by atoms with Crippen LogP contribution in [0.25, 0.3) is 10.9 Å². The molecule has 0 fully saturated rings. The van der Waals surface area contributed by atoms with E-state index in [0.29, 0.717) is 16.5 Å². The molecule has 0 saturated heterocycles. The SMILES string of the molecule is COC(=O)C(Cc1ccc(F)cc1)NS(=O)(=O)c1cccc2cccnc12. The van der Waals surface area contributed by atoms with Crippen molar-refractivity contribution in [3.05, 3.63) is 72.2 Å². The molecule has 6 nitrogen and oxygen atoms in total. The van der Waals surface area contributed by atoms with Crippen molar-refractivity contribution < 1.29 is 22.3 Å². The largest absolute Gasteiger partial charge is 0.468 e. The number of hydrogen-bond donors (Lipinski definition) is 1. The molecule has 0 amide bonds. The van der Waals surface area contributed by atoms with Crippen LogP contribution in [0.5, 0.6) is 0 Å². The molecular formula is C19H17FN2O4S. The Morgan fingerprint density at radius 1 is 1.15 bits per heavy atom. The summed E-state index contributed by atoms with van der Waals surface area (Å²) in [7, 11) is -2.88. The van der Waals surface area contributed by atoms with Crippen LogP contribution >= 0.6 is 0 Å². The fourth-order valence-electron chi connectivity index (χ4n) is 2.72. The molecule has 0 spiro atoms. The predicted molar refractivity (Wildman–Crippen MR) is 98.0 cm³/mol. The van der Waals surface area contributed by atoms with E-state index in [1.807, 2.05) is 0 Å². The van der Waals surface area contributed by atoms with Crippen molar-refractivity contribution in [2.45, 2.75) is 17.4 Å². The number of rotatable bonds is 6. The first kappa shape index (κ1) is 18.9. The lowest BCUT2D eigenvalue weighted by atomic mass is 10.1. The van der Waals surface area contributed by atoms with Crippen molar-refractivity contribution in [1.29, 1.82) is 0 Å². The van der Waals surface area contributed by atoms with E-state index < -0.39 is 27.9 Å². The highest BCUT2D eigenvalue weighted by Gasteiger charge is 2.28. The maximum absolute atomic E-state index is 13.1. The smallest absolute Gasteiger partial charge is 0.324 e. The topological polar surface area (TPSA) is 85.4 Å². The number of esters is 1. The summed E-state index contributed by atoms with van der Waals surface area (Å²) in [5.41, 5.74) is 0.892. The summed E-state index contributed by atoms with van der Waals surface area (Å²) < 4.78 is 46.0. The molecule has 1 unspecified atom stereocenters. The van der Waals surface area contributed by atoms with Crippen molar-refractivity contribution >= 4 is 26.9 Å². The maximum Gasteiger partial charge on any atom is 0.324 e. The summed E-state index contributed by atoms with van der Waals surface area (Å²) in [5, 5.41) is 0.661.